The van der Waals surface area contributed by atoms with Crippen molar-refractivity contribution < 1.29 is 13.5 Å². The second kappa shape index (κ2) is 4.51. The molecule has 1 fully saturated rings. The highest BCUT2D eigenvalue weighted by Gasteiger charge is 2.31. The average molecular weight is 287 g/mol. The van der Waals surface area contributed by atoms with Crippen LogP contribution in [0, 0.1) is 13.8 Å². The van der Waals surface area contributed by atoms with Crippen molar-refractivity contribution in [3.8, 4) is 11.7 Å². The largest absolute Gasteiger partial charge is 0.435 e. The third-order valence-electron chi connectivity index (χ3n) is 3.29. The predicted molar refractivity (Wildman–Crippen MR) is 68.3 cm³/mol. The summed E-state index contributed by atoms with van der Waals surface area (Å²) in [4.78, 5) is 12.8. The molecule has 0 spiro atoms. The lowest BCUT2D eigenvalue weighted by molar-refractivity contribution is 0.386. The van der Waals surface area contributed by atoms with Crippen LogP contribution >= 0.6 is 0 Å². The van der Waals surface area contributed by atoms with Crippen molar-refractivity contribution in [1.29, 1.82) is 0 Å². The molecule has 0 aliphatic heterocycles. The Hall–Kier alpha value is -2.51. The van der Waals surface area contributed by atoms with Gasteiger partial charge in [0.1, 0.15) is 0 Å². The van der Waals surface area contributed by atoms with E-state index in [-0.39, 0.29) is 0 Å². The number of nitrogens with zero attached hydrogens (tertiary/aromatic N) is 5. The number of aryl methyl sites for hydroxylation is 2. The molecule has 0 N–H and O–H groups in total. The van der Waals surface area contributed by atoms with E-state index in [4.69, 9.17) is 13.5 Å². The van der Waals surface area contributed by atoms with Crippen LogP contribution in [0.25, 0.3) is 11.7 Å². The molecule has 0 aromatic carbocycles. The monoisotopic (exact) mass is 287 g/mol. The van der Waals surface area contributed by atoms with Crippen molar-refractivity contribution >= 4 is 0 Å². The predicted octanol–water partition coefficient (Wildman–Crippen LogP) is 2.19. The summed E-state index contributed by atoms with van der Waals surface area (Å²) in [7, 11) is 0. The molecule has 8 nitrogen and oxygen atoms in total. The maximum atomic E-state index is 5.73. The summed E-state index contributed by atoms with van der Waals surface area (Å²) in [6.45, 7) is 3.60. The van der Waals surface area contributed by atoms with Gasteiger partial charge in [-0.1, -0.05) is 10.3 Å². The van der Waals surface area contributed by atoms with E-state index in [1.165, 1.54) is 0 Å². The summed E-state index contributed by atoms with van der Waals surface area (Å²) in [5.41, 5.74) is 0.766. The van der Waals surface area contributed by atoms with Crippen molar-refractivity contribution in [2.75, 3.05) is 0 Å². The standard InChI is InChI=1S/C13H13N5O3/c1-6-11(19-12(14-6)8-3-4-8)13-16-10(18-21-13)5-9-15-7(2)20-17-9/h8H,3-5H2,1-2H3. The lowest BCUT2D eigenvalue weighted by atomic mass is 10.3. The minimum absolute atomic E-state index is 0.335. The van der Waals surface area contributed by atoms with Gasteiger partial charge in [0, 0.05) is 12.8 Å². The van der Waals surface area contributed by atoms with Crippen LogP contribution in [0.2, 0.25) is 0 Å². The first kappa shape index (κ1) is 12.2. The Kier molecular flexibility index (Phi) is 2.63. The fraction of sp³-hybridized carbons (Fsp3) is 0.462. The molecule has 108 valence electrons. The molecule has 4 rings (SSSR count). The Morgan fingerprint density at radius 2 is 1.76 bits per heavy atom. The van der Waals surface area contributed by atoms with Gasteiger partial charge in [-0.2, -0.15) is 9.97 Å². The van der Waals surface area contributed by atoms with Gasteiger partial charge in [0.15, 0.2) is 17.5 Å². The lowest BCUT2D eigenvalue weighted by Gasteiger charge is -1.87. The van der Waals surface area contributed by atoms with E-state index >= 15 is 0 Å². The first-order valence-electron chi connectivity index (χ1n) is 6.78. The molecule has 0 bridgehead atoms. The zero-order valence-corrected chi connectivity index (χ0v) is 11.7. The van der Waals surface area contributed by atoms with Gasteiger partial charge in [-0.05, 0) is 19.8 Å². The van der Waals surface area contributed by atoms with Gasteiger partial charge in [0.25, 0.3) is 5.89 Å². The van der Waals surface area contributed by atoms with Gasteiger partial charge < -0.3 is 13.5 Å². The lowest BCUT2D eigenvalue weighted by Crippen LogP contribution is -1.93. The van der Waals surface area contributed by atoms with Gasteiger partial charge in [0.05, 0.1) is 12.1 Å². The Labute approximate surface area is 119 Å². The van der Waals surface area contributed by atoms with Crippen molar-refractivity contribution in [3.05, 3.63) is 29.1 Å². The number of oxazole rings is 1. The van der Waals surface area contributed by atoms with Gasteiger partial charge in [-0.15, -0.1) is 0 Å². The van der Waals surface area contributed by atoms with E-state index in [1.807, 2.05) is 6.92 Å². The van der Waals surface area contributed by atoms with E-state index in [2.05, 4.69) is 25.3 Å². The molecule has 21 heavy (non-hydrogen) atoms. The van der Waals surface area contributed by atoms with E-state index in [1.54, 1.807) is 6.92 Å². The molecule has 1 aliphatic rings. The van der Waals surface area contributed by atoms with Crippen LogP contribution in [0.4, 0.5) is 0 Å². The Morgan fingerprint density at radius 3 is 2.48 bits per heavy atom. The number of rotatable bonds is 4. The van der Waals surface area contributed by atoms with Crippen LogP contribution in [-0.2, 0) is 6.42 Å². The summed E-state index contributed by atoms with van der Waals surface area (Å²) in [6, 6.07) is 0. The topological polar surface area (TPSA) is 104 Å². The smallest absolute Gasteiger partial charge is 0.295 e. The number of hydrogen-bond acceptors (Lipinski definition) is 8. The molecule has 0 saturated heterocycles. The average Bonchev–Trinajstić information content (AvgIpc) is 2.87. The molecule has 0 radical (unpaired) electrons. The fourth-order valence-corrected chi connectivity index (χ4v) is 2.09. The maximum absolute atomic E-state index is 5.73. The van der Waals surface area contributed by atoms with E-state index < -0.39 is 0 Å². The molecular formula is C13H13N5O3. The zero-order valence-electron chi connectivity index (χ0n) is 11.7. The Morgan fingerprint density at radius 1 is 1.00 bits per heavy atom. The summed E-state index contributed by atoms with van der Waals surface area (Å²) in [5, 5.41) is 7.72. The van der Waals surface area contributed by atoms with Gasteiger partial charge in [0.2, 0.25) is 11.7 Å². The first-order chi connectivity index (χ1) is 10.2. The zero-order chi connectivity index (χ0) is 14.4. The summed E-state index contributed by atoms with van der Waals surface area (Å²) in [6.07, 6.45) is 2.61. The number of hydrogen-bond donors (Lipinski definition) is 0. The molecular weight excluding hydrogens is 274 g/mol. The van der Waals surface area contributed by atoms with Crippen LogP contribution in [0.3, 0.4) is 0 Å². The van der Waals surface area contributed by atoms with Crippen molar-refractivity contribution in [3.63, 3.8) is 0 Å². The highest BCUT2D eigenvalue weighted by molar-refractivity contribution is 5.47. The minimum atomic E-state index is 0.335. The summed E-state index contributed by atoms with van der Waals surface area (Å²) in [5.74, 6) is 3.59. The van der Waals surface area contributed by atoms with Gasteiger partial charge in [-0.25, -0.2) is 4.98 Å². The SMILES string of the molecule is Cc1nc(Cc2noc(-c3oc(C4CC4)nc3C)n2)no1. The second-order valence-electron chi connectivity index (χ2n) is 5.16. The van der Waals surface area contributed by atoms with Gasteiger partial charge in [-0.3, -0.25) is 0 Å². The molecule has 0 atom stereocenters. The molecule has 0 amide bonds. The van der Waals surface area contributed by atoms with E-state index in [0.29, 0.717) is 41.5 Å². The Bertz CT molecular complexity index is 783. The van der Waals surface area contributed by atoms with Crippen molar-refractivity contribution in [2.24, 2.45) is 0 Å². The van der Waals surface area contributed by atoms with Gasteiger partial charge >= 0.3 is 0 Å². The first-order valence-corrected chi connectivity index (χ1v) is 6.78. The number of aromatic nitrogens is 5. The fourth-order valence-electron chi connectivity index (χ4n) is 2.09. The summed E-state index contributed by atoms with van der Waals surface area (Å²) >= 11 is 0. The van der Waals surface area contributed by atoms with Crippen molar-refractivity contribution in [2.45, 2.75) is 39.0 Å². The maximum Gasteiger partial charge on any atom is 0.295 e. The van der Waals surface area contributed by atoms with E-state index in [9.17, 15) is 0 Å². The van der Waals surface area contributed by atoms with Crippen LogP contribution in [0.15, 0.2) is 13.5 Å². The van der Waals surface area contributed by atoms with Crippen LogP contribution in [-0.4, -0.2) is 25.3 Å². The third-order valence-corrected chi connectivity index (χ3v) is 3.29. The molecule has 1 aliphatic carbocycles. The quantitative estimate of drug-likeness (QED) is 0.719. The van der Waals surface area contributed by atoms with Crippen LogP contribution < -0.4 is 0 Å². The third kappa shape index (κ3) is 2.32. The second-order valence-corrected chi connectivity index (χ2v) is 5.16. The van der Waals surface area contributed by atoms with Crippen LogP contribution in [0.1, 0.15) is 47.9 Å². The minimum Gasteiger partial charge on any atom is -0.435 e. The molecule has 3 aromatic rings. The van der Waals surface area contributed by atoms with Crippen LogP contribution in [0.5, 0.6) is 0 Å². The molecule has 3 heterocycles. The Balaban J connectivity index is 1.58. The van der Waals surface area contributed by atoms with E-state index in [0.717, 1.165) is 24.4 Å². The van der Waals surface area contributed by atoms with Crippen molar-refractivity contribution in [1.82, 2.24) is 25.3 Å². The summed E-state index contributed by atoms with van der Waals surface area (Å²) < 4.78 is 15.9. The molecule has 8 heteroatoms. The molecule has 3 aromatic heterocycles. The molecule has 1 saturated carbocycles. The highest BCUT2D eigenvalue weighted by Crippen LogP contribution is 2.41. The normalized spacial score (nSPS) is 14.8. The highest BCUT2D eigenvalue weighted by atomic mass is 16.5. The molecule has 0 unspecified atom stereocenters.